The first-order valence-corrected chi connectivity index (χ1v) is 8.27. The fourth-order valence-corrected chi connectivity index (χ4v) is 2.13. The summed E-state index contributed by atoms with van der Waals surface area (Å²) in [5.74, 6) is 0. The van der Waals surface area contributed by atoms with E-state index in [4.69, 9.17) is 14.9 Å². The molecule has 0 unspecified atom stereocenters. The molecule has 4 heteroatoms. The summed E-state index contributed by atoms with van der Waals surface area (Å²) >= 11 is 0. The van der Waals surface area contributed by atoms with Gasteiger partial charge < -0.3 is 20.1 Å². The topological polar surface area (TPSA) is 69.9 Å². The Hall–Kier alpha value is -0.160. The van der Waals surface area contributed by atoms with Crippen molar-refractivity contribution in [1.82, 2.24) is 0 Å². The zero-order chi connectivity index (χ0) is 15.1. The lowest BCUT2D eigenvalue weighted by Gasteiger charge is -2.15. The van der Waals surface area contributed by atoms with Crippen LogP contribution in [0.15, 0.2) is 0 Å². The Morgan fingerprint density at radius 3 is 1.75 bits per heavy atom. The van der Waals surface area contributed by atoms with Crippen molar-refractivity contribution in [2.75, 3.05) is 19.8 Å². The first-order chi connectivity index (χ1) is 9.72. The molecule has 0 aromatic carbocycles. The van der Waals surface area contributed by atoms with Crippen molar-refractivity contribution in [2.45, 2.75) is 83.3 Å². The third kappa shape index (κ3) is 12.9. The van der Waals surface area contributed by atoms with Gasteiger partial charge in [-0.25, -0.2) is 0 Å². The molecule has 3 N–H and O–H groups in total. The van der Waals surface area contributed by atoms with E-state index in [2.05, 4.69) is 6.92 Å². The second-order valence-electron chi connectivity index (χ2n) is 5.57. The lowest BCUT2D eigenvalue weighted by atomic mass is 10.1. The lowest BCUT2D eigenvalue weighted by molar-refractivity contribution is -0.0571. The second-order valence-corrected chi connectivity index (χ2v) is 5.57. The summed E-state index contributed by atoms with van der Waals surface area (Å²) in [5.41, 5.74) is 0. The molecule has 122 valence electrons. The molecule has 0 aromatic heterocycles. The number of hydrogen-bond donors (Lipinski definition) is 3. The van der Waals surface area contributed by atoms with Crippen molar-refractivity contribution >= 4 is 0 Å². The van der Waals surface area contributed by atoms with E-state index in [0.717, 1.165) is 12.8 Å². The van der Waals surface area contributed by atoms with Gasteiger partial charge in [0.25, 0.3) is 0 Å². The highest BCUT2D eigenvalue weighted by Crippen LogP contribution is 2.10. The molecule has 0 aliphatic heterocycles. The van der Waals surface area contributed by atoms with Gasteiger partial charge in [-0.15, -0.1) is 0 Å². The summed E-state index contributed by atoms with van der Waals surface area (Å²) in [6.07, 6.45) is 10.8. The van der Waals surface area contributed by atoms with Crippen molar-refractivity contribution in [2.24, 2.45) is 0 Å². The summed E-state index contributed by atoms with van der Waals surface area (Å²) < 4.78 is 5.27. The van der Waals surface area contributed by atoms with E-state index >= 15 is 0 Å². The van der Waals surface area contributed by atoms with Crippen LogP contribution in [0.4, 0.5) is 0 Å². The summed E-state index contributed by atoms with van der Waals surface area (Å²) in [5, 5.41) is 27.1. The van der Waals surface area contributed by atoms with Gasteiger partial charge in [-0.3, -0.25) is 0 Å². The molecule has 0 heterocycles. The Morgan fingerprint density at radius 1 is 0.750 bits per heavy atom. The highest BCUT2D eigenvalue weighted by Gasteiger charge is 2.14. The van der Waals surface area contributed by atoms with Crippen LogP contribution in [0.2, 0.25) is 0 Å². The molecule has 0 amide bonds. The van der Waals surface area contributed by atoms with Gasteiger partial charge in [0.05, 0.1) is 13.2 Å². The minimum absolute atomic E-state index is 0.0964. The van der Waals surface area contributed by atoms with Crippen LogP contribution in [0.25, 0.3) is 0 Å². The Kier molecular flexibility index (Phi) is 15.1. The van der Waals surface area contributed by atoms with E-state index < -0.39 is 18.8 Å². The number of ether oxygens (including phenoxy) is 1. The smallest absolute Gasteiger partial charge is 0.105 e. The molecule has 0 fully saturated rings. The van der Waals surface area contributed by atoms with Crippen molar-refractivity contribution in [3.63, 3.8) is 0 Å². The molecule has 2 atom stereocenters. The minimum Gasteiger partial charge on any atom is -0.394 e. The first-order valence-electron chi connectivity index (χ1n) is 8.27. The molecule has 0 rings (SSSR count). The van der Waals surface area contributed by atoms with E-state index in [0.29, 0.717) is 6.61 Å². The van der Waals surface area contributed by atoms with Gasteiger partial charge in [0.2, 0.25) is 0 Å². The van der Waals surface area contributed by atoms with Crippen molar-refractivity contribution in [1.29, 1.82) is 0 Å². The monoisotopic (exact) mass is 290 g/mol. The molecule has 4 nitrogen and oxygen atoms in total. The van der Waals surface area contributed by atoms with Gasteiger partial charge in [0.1, 0.15) is 12.2 Å². The number of hydrogen-bond acceptors (Lipinski definition) is 4. The first kappa shape index (κ1) is 19.8. The molecule has 0 spiro atoms. The normalized spacial score (nSPS) is 14.4. The molecule has 0 aromatic rings. The van der Waals surface area contributed by atoms with Crippen LogP contribution in [0.1, 0.15) is 71.1 Å². The highest BCUT2D eigenvalue weighted by molar-refractivity contribution is 4.64. The molecule has 0 saturated carbocycles. The third-order valence-corrected chi connectivity index (χ3v) is 3.56. The number of aliphatic hydroxyl groups excluding tert-OH is 3. The van der Waals surface area contributed by atoms with E-state index in [1.807, 2.05) is 0 Å². The number of aliphatic hydroxyl groups is 3. The largest absolute Gasteiger partial charge is 0.394 e. The van der Waals surface area contributed by atoms with Gasteiger partial charge in [0.15, 0.2) is 0 Å². The number of rotatable bonds is 15. The Labute approximate surface area is 124 Å². The molecular weight excluding hydrogens is 256 g/mol. The highest BCUT2D eigenvalue weighted by atomic mass is 16.5. The van der Waals surface area contributed by atoms with Gasteiger partial charge in [0, 0.05) is 6.61 Å². The molecular formula is C16H34O4. The van der Waals surface area contributed by atoms with Gasteiger partial charge in [-0.05, 0) is 6.42 Å². The maximum absolute atomic E-state index is 9.34. The third-order valence-electron chi connectivity index (χ3n) is 3.56. The predicted molar refractivity (Wildman–Crippen MR) is 81.8 cm³/mol. The van der Waals surface area contributed by atoms with E-state index in [1.54, 1.807) is 0 Å². The van der Waals surface area contributed by atoms with E-state index in [-0.39, 0.29) is 6.61 Å². The molecule has 0 aliphatic carbocycles. The van der Waals surface area contributed by atoms with Gasteiger partial charge in [-0.1, -0.05) is 64.7 Å². The molecule has 0 bridgehead atoms. The van der Waals surface area contributed by atoms with Crippen molar-refractivity contribution < 1.29 is 20.1 Å². The van der Waals surface area contributed by atoms with Crippen LogP contribution < -0.4 is 0 Å². The maximum atomic E-state index is 9.34. The summed E-state index contributed by atoms with van der Waals surface area (Å²) in [6, 6.07) is 0. The predicted octanol–water partition coefficient (Wildman–Crippen LogP) is 2.64. The fourth-order valence-electron chi connectivity index (χ4n) is 2.13. The van der Waals surface area contributed by atoms with E-state index in [1.165, 1.54) is 51.4 Å². The average molecular weight is 290 g/mol. The van der Waals surface area contributed by atoms with Crippen LogP contribution >= 0.6 is 0 Å². The van der Waals surface area contributed by atoms with Crippen LogP contribution in [0.5, 0.6) is 0 Å². The Balaban J connectivity index is 3.10. The average Bonchev–Trinajstić information content (AvgIpc) is 2.47. The molecule has 0 radical (unpaired) electrons. The second kappa shape index (κ2) is 15.2. The van der Waals surface area contributed by atoms with Gasteiger partial charge in [-0.2, -0.15) is 0 Å². The zero-order valence-corrected chi connectivity index (χ0v) is 13.1. The number of unbranched alkanes of at least 4 members (excludes halogenated alkanes) is 9. The van der Waals surface area contributed by atoms with E-state index in [9.17, 15) is 5.11 Å². The van der Waals surface area contributed by atoms with Gasteiger partial charge >= 0.3 is 0 Å². The molecule has 0 aliphatic rings. The summed E-state index contributed by atoms with van der Waals surface area (Å²) in [6.45, 7) is 2.53. The fraction of sp³-hybridized carbons (Fsp3) is 1.00. The Morgan fingerprint density at radius 2 is 1.25 bits per heavy atom. The lowest BCUT2D eigenvalue weighted by Crippen LogP contribution is -2.33. The maximum Gasteiger partial charge on any atom is 0.105 e. The summed E-state index contributed by atoms with van der Waals surface area (Å²) in [7, 11) is 0. The summed E-state index contributed by atoms with van der Waals surface area (Å²) in [4.78, 5) is 0. The quantitative estimate of drug-likeness (QED) is 0.406. The SMILES string of the molecule is CCCCCCCCCCCCOC[C@H](O)[C@@H](O)CO. The van der Waals surface area contributed by atoms with Crippen LogP contribution in [0, 0.1) is 0 Å². The van der Waals surface area contributed by atoms with Crippen LogP contribution in [0.3, 0.4) is 0 Å². The standard InChI is InChI=1S/C16H34O4/c1-2-3-4-5-6-7-8-9-10-11-12-20-14-16(19)15(18)13-17/h15-19H,2-14H2,1H3/t15-,16-/m0/s1. The zero-order valence-electron chi connectivity index (χ0n) is 13.1. The molecule has 20 heavy (non-hydrogen) atoms. The Bertz CT molecular complexity index is 187. The van der Waals surface area contributed by atoms with Crippen LogP contribution in [-0.2, 0) is 4.74 Å². The van der Waals surface area contributed by atoms with Crippen molar-refractivity contribution in [3.05, 3.63) is 0 Å². The minimum atomic E-state index is -1.09. The van der Waals surface area contributed by atoms with Crippen molar-refractivity contribution in [3.8, 4) is 0 Å². The van der Waals surface area contributed by atoms with Crippen LogP contribution in [-0.4, -0.2) is 47.3 Å². The molecule has 0 saturated heterocycles.